The lowest BCUT2D eigenvalue weighted by Gasteiger charge is -2.34. The van der Waals surface area contributed by atoms with Crippen LogP contribution in [0.1, 0.15) is 37.9 Å². The molecular formula is C32H39N5O4. The Bertz CT molecular complexity index is 1400. The zero-order chi connectivity index (χ0) is 29.1. The van der Waals surface area contributed by atoms with E-state index in [0.29, 0.717) is 31.6 Å². The van der Waals surface area contributed by atoms with Crippen molar-refractivity contribution in [3.8, 4) is 5.75 Å². The molecule has 3 amide bonds. The summed E-state index contributed by atoms with van der Waals surface area (Å²) in [6.45, 7) is 4.29. The van der Waals surface area contributed by atoms with Crippen LogP contribution >= 0.6 is 0 Å². The minimum Gasteiger partial charge on any atom is -0.488 e. The molecular weight excluding hydrogens is 518 g/mol. The third-order valence-corrected chi connectivity index (χ3v) is 8.26. The molecule has 0 spiro atoms. The second-order valence-electron chi connectivity index (χ2n) is 11.3. The highest BCUT2D eigenvalue weighted by Gasteiger charge is 2.46. The van der Waals surface area contributed by atoms with Crippen molar-refractivity contribution < 1.29 is 19.1 Å². The number of nitrogens with zero attached hydrogens (tertiary/aromatic N) is 2. The molecule has 1 saturated heterocycles. The van der Waals surface area contributed by atoms with Crippen LogP contribution in [0.15, 0.2) is 60.8 Å². The summed E-state index contributed by atoms with van der Waals surface area (Å²) in [7, 11) is 3.75. The largest absolute Gasteiger partial charge is 0.488 e. The fraction of sp³-hybridized carbons (Fsp3) is 0.406. The Morgan fingerprint density at radius 3 is 2.56 bits per heavy atom. The monoisotopic (exact) mass is 557 g/mol. The van der Waals surface area contributed by atoms with Crippen molar-refractivity contribution in [3.05, 3.63) is 72.1 Å². The topological polar surface area (TPSA) is 107 Å². The summed E-state index contributed by atoms with van der Waals surface area (Å²) in [6.07, 6.45) is 4.49. The van der Waals surface area contributed by atoms with Gasteiger partial charge in [-0.1, -0.05) is 50.6 Å². The number of fused-ring (bicyclic) bond motifs is 8. The number of ether oxygens (including phenoxy) is 1. The van der Waals surface area contributed by atoms with E-state index in [2.05, 4.69) is 21.7 Å². The molecule has 5 unspecified atom stereocenters. The van der Waals surface area contributed by atoms with Gasteiger partial charge in [-0.15, -0.1) is 0 Å². The van der Waals surface area contributed by atoms with Crippen LogP contribution in [-0.2, 0) is 20.8 Å². The van der Waals surface area contributed by atoms with Crippen LogP contribution in [0, 0.1) is 5.92 Å². The van der Waals surface area contributed by atoms with Gasteiger partial charge in [-0.3, -0.25) is 19.3 Å². The molecule has 0 aliphatic carbocycles. The first-order chi connectivity index (χ1) is 19.7. The number of benzene rings is 2. The number of carbonyl (C=O) groups excluding carboxylic acids is 3. The lowest BCUT2D eigenvalue weighted by atomic mass is 9.97. The van der Waals surface area contributed by atoms with Gasteiger partial charge in [0.25, 0.3) is 0 Å². The Morgan fingerprint density at radius 1 is 1.10 bits per heavy atom. The van der Waals surface area contributed by atoms with E-state index >= 15 is 0 Å². The Morgan fingerprint density at radius 2 is 1.85 bits per heavy atom. The molecule has 0 radical (unpaired) electrons. The van der Waals surface area contributed by atoms with E-state index in [-0.39, 0.29) is 23.6 Å². The van der Waals surface area contributed by atoms with Gasteiger partial charge in [0.2, 0.25) is 17.7 Å². The van der Waals surface area contributed by atoms with Crippen molar-refractivity contribution in [3.63, 3.8) is 0 Å². The molecule has 2 bridgehead atoms. The molecule has 216 valence electrons. The lowest BCUT2D eigenvalue weighted by Crippen LogP contribution is -2.59. The molecule has 9 heteroatoms. The van der Waals surface area contributed by atoms with Crippen molar-refractivity contribution >= 4 is 34.7 Å². The number of aromatic amines is 1. The van der Waals surface area contributed by atoms with E-state index in [0.717, 1.165) is 22.2 Å². The number of likely N-dealkylation sites (N-methyl/N-ethyl adjacent to an activating group) is 1. The summed E-state index contributed by atoms with van der Waals surface area (Å²) < 4.78 is 6.34. The fourth-order valence-corrected chi connectivity index (χ4v) is 5.66. The standard InChI is InChI=1S/C32H39N5O4/c1-5-20(2)28-30(38)33-16-14-21-10-12-24(13-11-21)41-27-15-17-37(29(27)31(39)35-28)32(40)26(36(3)4)19-23-18-22-8-6-7-9-25(22)34-23/h6-14,16,18,20,26-29,34H,5,15,17,19H2,1-4H3,(H,33,38)(H,35,39). The van der Waals surface area contributed by atoms with Gasteiger partial charge in [-0.05, 0) is 61.3 Å². The summed E-state index contributed by atoms with van der Waals surface area (Å²) in [4.78, 5) is 48.3. The van der Waals surface area contributed by atoms with Crippen LogP contribution in [0.4, 0.5) is 0 Å². The first-order valence-corrected chi connectivity index (χ1v) is 14.3. The van der Waals surface area contributed by atoms with Gasteiger partial charge in [0, 0.05) is 36.8 Å². The molecule has 3 aliphatic heterocycles. The summed E-state index contributed by atoms with van der Waals surface area (Å²) in [5.41, 5.74) is 2.87. The van der Waals surface area contributed by atoms with E-state index in [1.54, 1.807) is 17.2 Å². The SMILES string of the molecule is CCC(C)C1NC(=O)C2C(CCN2C(=O)C(Cc2cc3ccccc3[nH]2)N(C)C)Oc2ccc(cc2)C=CNC1=O. The number of carbonyl (C=O) groups is 3. The van der Waals surface area contributed by atoms with Crippen LogP contribution < -0.4 is 15.4 Å². The van der Waals surface area contributed by atoms with Gasteiger partial charge in [-0.2, -0.15) is 0 Å². The van der Waals surface area contributed by atoms with Gasteiger partial charge in [0.1, 0.15) is 23.9 Å². The third-order valence-electron chi connectivity index (χ3n) is 8.26. The van der Waals surface area contributed by atoms with E-state index < -0.39 is 24.2 Å². The number of hydrogen-bond acceptors (Lipinski definition) is 5. The van der Waals surface area contributed by atoms with Crippen molar-refractivity contribution in [1.82, 2.24) is 25.4 Å². The number of H-pyrrole nitrogens is 1. The number of aromatic nitrogens is 1. The number of amides is 3. The third kappa shape index (κ3) is 6.15. The molecule has 1 fully saturated rings. The highest BCUT2D eigenvalue weighted by molar-refractivity contribution is 5.94. The molecule has 2 aromatic carbocycles. The number of para-hydroxylation sites is 1. The summed E-state index contributed by atoms with van der Waals surface area (Å²) in [5.74, 6) is -0.317. The van der Waals surface area contributed by atoms with E-state index in [1.807, 2.05) is 81.4 Å². The molecule has 41 heavy (non-hydrogen) atoms. The molecule has 3 N–H and O–H groups in total. The number of hydrogen-bond donors (Lipinski definition) is 3. The van der Waals surface area contributed by atoms with Gasteiger partial charge in [0.05, 0.1) is 6.04 Å². The predicted molar refractivity (Wildman–Crippen MR) is 159 cm³/mol. The molecule has 0 saturated carbocycles. The average molecular weight is 558 g/mol. The zero-order valence-electron chi connectivity index (χ0n) is 24.1. The maximum Gasteiger partial charge on any atom is 0.247 e. The second kappa shape index (κ2) is 12.2. The zero-order valence-corrected chi connectivity index (χ0v) is 24.1. The van der Waals surface area contributed by atoms with Crippen LogP contribution in [-0.4, -0.2) is 77.4 Å². The molecule has 3 aromatic rings. The van der Waals surface area contributed by atoms with Crippen LogP contribution in [0.25, 0.3) is 17.0 Å². The van der Waals surface area contributed by atoms with Crippen LogP contribution in [0.2, 0.25) is 0 Å². The summed E-state index contributed by atoms with van der Waals surface area (Å²) in [6, 6.07) is 15.4. The van der Waals surface area contributed by atoms with Crippen LogP contribution in [0.5, 0.6) is 5.75 Å². The number of rotatable bonds is 6. The van der Waals surface area contributed by atoms with E-state index in [9.17, 15) is 14.4 Å². The van der Waals surface area contributed by atoms with Crippen molar-refractivity contribution in [1.29, 1.82) is 0 Å². The van der Waals surface area contributed by atoms with E-state index in [4.69, 9.17) is 4.74 Å². The summed E-state index contributed by atoms with van der Waals surface area (Å²) in [5, 5.41) is 6.88. The van der Waals surface area contributed by atoms with Gasteiger partial charge in [-0.25, -0.2) is 0 Å². The van der Waals surface area contributed by atoms with Crippen molar-refractivity contribution in [2.75, 3.05) is 20.6 Å². The number of nitrogens with one attached hydrogen (secondary N) is 3. The summed E-state index contributed by atoms with van der Waals surface area (Å²) >= 11 is 0. The highest BCUT2D eigenvalue weighted by Crippen LogP contribution is 2.28. The van der Waals surface area contributed by atoms with Crippen molar-refractivity contribution in [2.24, 2.45) is 5.92 Å². The normalized spacial score (nSPS) is 22.6. The Kier molecular flexibility index (Phi) is 8.44. The van der Waals surface area contributed by atoms with Gasteiger partial charge < -0.3 is 25.3 Å². The maximum absolute atomic E-state index is 14.2. The van der Waals surface area contributed by atoms with Crippen molar-refractivity contribution in [2.45, 2.75) is 57.3 Å². The number of likely N-dealkylation sites (tertiary alicyclic amines) is 1. The fourth-order valence-electron chi connectivity index (χ4n) is 5.66. The lowest BCUT2D eigenvalue weighted by molar-refractivity contribution is -0.144. The quantitative estimate of drug-likeness (QED) is 0.431. The molecule has 1 aromatic heterocycles. The molecule has 6 rings (SSSR count). The second-order valence-corrected chi connectivity index (χ2v) is 11.3. The minimum absolute atomic E-state index is 0.111. The highest BCUT2D eigenvalue weighted by atomic mass is 16.5. The molecule has 5 atom stereocenters. The molecule has 3 aliphatic rings. The maximum atomic E-state index is 14.2. The first-order valence-electron chi connectivity index (χ1n) is 14.3. The first kappa shape index (κ1) is 28.4. The Hall–Kier alpha value is -4.11. The minimum atomic E-state index is -0.884. The van der Waals surface area contributed by atoms with E-state index in [1.165, 1.54) is 0 Å². The molecule has 9 nitrogen and oxygen atoms in total. The Labute approximate surface area is 240 Å². The van der Waals surface area contributed by atoms with Gasteiger partial charge in [0.15, 0.2) is 0 Å². The van der Waals surface area contributed by atoms with Gasteiger partial charge >= 0.3 is 0 Å². The smallest absolute Gasteiger partial charge is 0.247 e. The molecule has 4 heterocycles. The average Bonchev–Trinajstić information content (AvgIpc) is 3.58. The Balaban J connectivity index is 1.46. The predicted octanol–water partition coefficient (Wildman–Crippen LogP) is 3.32. The van der Waals surface area contributed by atoms with Crippen LogP contribution in [0.3, 0.4) is 0 Å².